The standard InChI is InChI=1S/C27H42N4O4/c1-21(2)31(27(34)25(19-30(35)20-32)17-23-10-6-7-11-23)28-18-26(33)29-14-12-24(13-15-29)16-22-8-4-3-5-9-22/h3-5,8-9,20-21,23-25,28,35H,6-7,10-19H2,1-2H3. The Hall–Kier alpha value is -2.45. The van der Waals surface area contributed by atoms with Crippen LogP contribution in [0.15, 0.2) is 30.3 Å². The molecule has 1 saturated carbocycles. The van der Waals surface area contributed by atoms with Gasteiger partial charge in [-0.1, -0.05) is 56.0 Å². The zero-order valence-electron chi connectivity index (χ0n) is 21.3. The van der Waals surface area contributed by atoms with Crippen molar-refractivity contribution < 1.29 is 19.6 Å². The van der Waals surface area contributed by atoms with Crippen molar-refractivity contribution in [3.05, 3.63) is 35.9 Å². The van der Waals surface area contributed by atoms with E-state index in [1.165, 1.54) is 10.6 Å². The van der Waals surface area contributed by atoms with Gasteiger partial charge in [0.2, 0.25) is 18.2 Å². The van der Waals surface area contributed by atoms with Gasteiger partial charge < -0.3 is 4.90 Å². The third kappa shape index (κ3) is 8.32. The van der Waals surface area contributed by atoms with E-state index in [9.17, 15) is 19.6 Å². The van der Waals surface area contributed by atoms with E-state index in [0.29, 0.717) is 29.7 Å². The maximum atomic E-state index is 13.4. The summed E-state index contributed by atoms with van der Waals surface area (Å²) in [6.45, 7) is 5.28. The molecule has 8 nitrogen and oxygen atoms in total. The predicted molar refractivity (Wildman–Crippen MR) is 134 cm³/mol. The predicted octanol–water partition coefficient (Wildman–Crippen LogP) is 3.25. The van der Waals surface area contributed by atoms with Crippen LogP contribution < -0.4 is 5.43 Å². The van der Waals surface area contributed by atoms with Crippen LogP contribution in [0.1, 0.15) is 64.4 Å². The molecule has 8 heteroatoms. The molecule has 2 aliphatic rings. The van der Waals surface area contributed by atoms with Crippen molar-refractivity contribution in [3.63, 3.8) is 0 Å². The first kappa shape index (κ1) is 27.1. The Labute approximate surface area is 209 Å². The van der Waals surface area contributed by atoms with Gasteiger partial charge in [0.1, 0.15) is 0 Å². The van der Waals surface area contributed by atoms with Crippen LogP contribution in [0.25, 0.3) is 0 Å². The zero-order valence-corrected chi connectivity index (χ0v) is 21.3. The molecule has 0 bridgehead atoms. The summed E-state index contributed by atoms with van der Waals surface area (Å²) in [6, 6.07) is 10.3. The number of amides is 3. The quantitative estimate of drug-likeness (QED) is 0.269. The van der Waals surface area contributed by atoms with E-state index >= 15 is 0 Å². The van der Waals surface area contributed by atoms with Crippen LogP contribution in [-0.4, -0.2) is 70.6 Å². The Morgan fingerprint density at radius 2 is 1.74 bits per heavy atom. The number of nitrogens with one attached hydrogen (secondary N) is 1. The number of likely N-dealkylation sites (tertiary alicyclic amines) is 1. The average molecular weight is 487 g/mol. The largest absolute Gasteiger partial charge is 0.342 e. The van der Waals surface area contributed by atoms with Gasteiger partial charge in [-0.15, -0.1) is 0 Å². The maximum Gasteiger partial charge on any atom is 0.241 e. The number of hydrogen-bond donors (Lipinski definition) is 2. The first-order chi connectivity index (χ1) is 16.9. The lowest BCUT2D eigenvalue weighted by atomic mass is 9.90. The molecule has 3 amide bonds. The van der Waals surface area contributed by atoms with E-state index in [2.05, 4.69) is 29.7 Å². The third-order valence-corrected chi connectivity index (χ3v) is 7.46. The summed E-state index contributed by atoms with van der Waals surface area (Å²) in [4.78, 5) is 39.2. The molecule has 3 rings (SSSR count). The van der Waals surface area contributed by atoms with E-state index in [4.69, 9.17) is 0 Å². The maximum absolute atomic E-state index is 13.4. The highest BCUT2D eigenvalue weighted by atomic mass is 16.5. The molecule has 1 heterocycles. The number of hydrogen-bond acceptors (Lipinski definition) is 5. The van der Waals surface area contributed by atoms with E-state index in [-0.39, 0.29) is 30.9 Å². The van der Waals surface area contributed by atoms with Gasteiger partial charge in [0.15, 0.2) is 0 Å². The van der Waals surface area contributed by atoms with Gasteiger partial charge >= 0.3 is 0 Å². The number of rotatable bonds is 12. The number of hydroxylamine groups is 2. The number of carbonyl (C=O) groups excluding carboxylic acids is 3. The normalized spacial score (nSPS) is 18.0. The van der Waals surface area contributed by atoms with Crippen molar-refractivity contribution in [2.24, 2.45) is 17.8 Å². The van der Waals surface area contributed by atoms with Gasteiger partial charge in [-0.25, -0.2) is 10.5 Å². The first-order valence-electron chi connectivity index (χ1n) is 13.2. The van der Waals surface area contributed by atoms with Crippen LogP contribution in [0.5, 0.6) is 0 Å². The fraction of sp³-hybridized carbons (Fsp3) is 0.667. The number of carbonyl (C=O) groups is 3. The van der Waals surface area contributed by atoms with Crippen LogP contribution in [0.3, 0.4) is 0 Å². The minimum Gasteiger partial charge on any atom is -0.342 e. The van der Waals surface area contributed by atoms with Crippen LogP contribution in [0.4, 0.5) is 0 Å². The van der Waals surface area contributed by atoms with Crippen molar-refractivity contribution in [1.82, 2.24) is 20.4 Å². The Kier molecular flexibility index (Phi) is 10.5. The second-order valence-electron chi connectivity index (χ2n) is 10.5. The molecule has 1 unspecified atom stereocenters. The minimum atomic E-state index is -0.507. The van der Waals surface area contributed by atoms with Crippen molar-refractivity contribution in [2.75, 3.05) is 26.2 Å². The van der Waals surface area contributed by atoms with Gasteiger partial charge in [0.05, 0.1) is 19.0 Å². The summed E-state index contributed by atoms with van der Waals surface area (Å²) in [5.74, 6) is 0.315. The molecule has 0 aromatic heterocycles. The fourth-order valence-electron chi connectivity index (χ4n) is 5.48. The summed E-state index contributed by atoms with van der Waals surface area (Å²) in [6.07, 6.45) is 8.44. The second kappa shape index (κ2) is 13.6. The second-order valence-corrected chi connectivity index (χ2v) is 10.5. The molecule has 1 aromatic carbocycles. The van der Waals surface area contributed by atoms with Crippen molar-refractivity contribution in [1.29, 1.82) is 0 Å². The molecule has 1 aliphatic heterocycles. The Morgan fingerprint density at radius 3 is 2.34 bits per heavy atom. The molecule has 2 N–H and O–H groups in total. The molecule has 2 fully saturated rings. The summed E-state index contributed by atoms with van der Waals surface area (Å²) in [7, 11) is 0. The van der Waals surface area contributed by atoms with Gasteiger partial charge in [-0.2, -0.15) is 0 Å². The highest BCUT2D eigenvalue weighted by Gasteiger charge is 2.32. The van der Waals surface area contributed by atoms with Gasteiger partial charge in [0.25, 0.3) is 0 Å². The molecule has 1 saturated heterocycles. The summed E-state index contributed by atoms with van der Waals surface area (Å²) >= 11 is 0. The highest BCUT2D eigenvalue weighted by molar-refractivity contribution is 5.81. The molecule has 1 aromatic rings. The molecule has 1 aliphatic carbocycles. The van der Waals surface area contributed by atoms with E-state index in [1.54, 1.807) is 0 Å². The minimum absolute atomic E-state index is 0.00868. The van der Waals surface area contributed by atoms with Gasteiger partial charge in [-0.3, -0.25) is 24.6 Å². The molecular formula is C27H42N4O4. The lowest BCUT2D eigenvalue weighted by molar-refractivity contribution is -0.159. The number of hydrazine groups is 1. The number of benzene rings is 1. The Morgan fingerprint density at radius 1 is 1.09 bits per heavy atom. The van der Waals surface area contributed by atoms with Crippen molar-refractivity contribution in [3.8, 4) is 0 Å². The Balaban J connectivity index is 1.51. The van der Waals surface area contributed by atoms with Crippen molar-refractivity contribution >= 4 is 18.2 Å². The zero-order chi connectivity index (χ0) is 25.2. The summed E-state index contributed by atoms with van der Waals surface area (Å²) < 4.78 is 0. The molecule has 35 heavy (non-hydrogen) atoms. The smallest absolute Gasteiger partial charge is 0.241 e. The molecular weight excluding hydrogens is 444 g/mol. The molecule has 0 radical (unpaired) electrons. The number of piperidine rings is 1. The molecule has 1 atom stereocenters. The van der Waals surface area contributed by atoms with Gasteiger partial charge in [-0.05, 0) is 56.9 Å². The highest BCUT2D eigenvalue weighted by Crippen LogP contribution is 2.31. The summed E-state index contributed by atoms with van der Waals surface area (Å²) in [5, 5.41) is 11.9. The third-order valence-electron chi connectivity index (χ3n) is 7.46. The van der Waals surface area contributed by atoms with Crippen LogP contribution in [0.2, 0.25) is 0 Å². The fourth-order valence-corrected chi connectivity index (χ4v) is 5.48. The monoisotopic (exact) mass is 486 g/mol. The summed E-state index contributed by atoms with van der Waals surface area (Å²) in [5.41, 5.74) is 4.41. The van der Waals surface area contributed by atoms with E-state index in [1.807, 2.05) is 24.8 Å². The topological polar surface area (TPSA) is 93.2 Å². The van der Waals surface area contributed by atoms with Gasteiger partial charge in [0, 0.05) is 19.1 Å². The van der Waals surface area contributed by atoms with Crippen molar-refractivity contribution in [2.45, 2.75) is 71.3 Å². The van der Waals surface area contributed by atoms with Crippen LogP contribution in [-0.2, 0) is 20.8 Å². The average Bonchev–Trinajstić information content (AvgIpc) is 3.37. The van der Waals surface area contributed by atoms with Crippen LogP contribution >= 0.6 is 0 Å². The van der Waals surface area contributed by atoms with E-state index < -0.39 is 5.92 Å². The lowest BCUT2D eigenvalue weighted by Crippen LogP contribution is -2.54. The number of nitrogens with zero attached hydrogens (tertiary/aromatic N) is 3. The van der Waals surface area contributed by atoms with Crippen LogP contribution in [0, 0.1) is 17.8 Å². The molecule has 0 spiro atoms. The first-order valence-corrected chi connectivity index (χ1v) is 13.2. The SMILES string of the molecule is CC(C)N(NCC(=O)N1CCC(Cc2ccccc2)CC1)C(=O)C(CC1CCCC1)CN(O)C=O. The van der Waals surface area contributed by atoms with E-state index in [0.717, 1.165) is 58.0 Å². The lowest BCUT2D eigenvalue weighted by Gasteiger charge is -2.35. The molecule has 194 valence electrons. The Bertz CT molecular complexity index is 805.